The van der Waals surface area contributed by atoms with Gasteiger partial charge in [-0.15, -0.1) is 24.2 Å². The highest BCUT2D eigenvalue weighted by Gasteiger charge is 2.27. The summed E-state index contributed by atoms with van der Waals surface area (Å²) in [7, 11) is 1.86. The Morgan fingerprint density at radius 1 is 1.43 bits per heavy atom. The summed E-state index contributed by atoms with van der Waals surface area (Å²) in [5, 5.41) is 3.27. The van der Waals surface area contributed by atoms with E-state index in [1.54, 1.807) is 16.7 Å². The molecule has 0 bridgehead atoms. The number of likely N-dealkylation sites (N-methyl/N-ethyl adjacent to an activating group) is 1. The molecule has 21 heavy (non-hydrogen) atoms. The smallest absolute Gasteiger partial charge is 0.263 e. The molecule has 6 heteroatoms. The standard InChI is InChI=1S/C15H22N2O2S.ClH/c1-11(15(18)17(2)12-8-9-16-10-12)19-13-4-6-14(20-3)7-5-13;/h4-7,11-12,16H,8-10H2,1-3H3;1H. The number of nitrogens with zero attached hydrogens (tertiary/aromatic N) is 1. The Morgan fingerprint density at radius 3 is 2.62 bits per heavy atom. The average Bonchev–Trinajstić information content (AvgIpc) is 3.00. The molecule has 2 atom stereocenters. The number of amides is 1. The molecule has 1 aromatic rings. The van der Waals surface area contributed by atoms with Crippen LogP contribution in [0.15, 0.2) is 29.2 Å². The van der Waals surface area contributed by atoms with Gasteiger partial charge in [-0.2, -0.15) is 0 Å². The van der Waals surface area contributed by atoms with Gasteiger partial charge in [-0.05, 0) is 50.4 Å². The van der Waals surface area contributed by atoms with E-state index in [2.05, 4.69) is 5.32 Å². The summed E-state index contributed by atoms with van der Waals surface area (Å²) >= 11 is 1.69. The maximum Gasteiger partial charge on any atom is 0.263 e. The highest BCUT2D eigenvalue weighted by molar-refractivity contribution is 7.98. The molecule has 1 N–H and O–H groups in total. The van der Waals surface area contributed by atoms with Crippen LogP contribution in [0.1, 0.15) is 13.3 Å². The minimum atomic E-state index is -0.458. The van der Waals surface area contributed by atoms with E-state index in [-0.39, 0.29) is 24.4 Å². The molecular formula is C15H23ClN2O2S. The molecule has 1 heterocycles. The van der Waals surface area contributed by atoms with Crippen molar-refractivity contribution in [1.82, 2.24) is 10.2 Å². The van der Waals surface area contributed by atoms with Crippen molar-refractivity contribution in [3.63, 3.8) is 0 Å². The molecule has 1 amide bonds. The fourth-order valence-electron chi connectivity index (χ4n) is 2.35. The van der Waals surface area contributed by atoms with Gasteiger partial charge in [-0.1, -0.05) is 0 Å². The first-order valence-electron chi connectivity index (χ1n) is 6.90. The predicted octanol–water partition coefficient (Wildman–Crippen LogP) is 2.42. The minimum Gasteiger partial charge on any atom is -0.481 e. The number of hydrogen-bond donors (Lipinski definition) is 1. The molecule has 1 aliphatic rings. The van der Waals surface area contributed by atoms with Crippen LogP contribution < -0.4 is 10.1 Å². The second kappa shape index (κ2) is 8.51. The van der Waals surface area contributed by atoms with Gasteiger partial charge in [0.15, 0.2) is 6.10 Å². The third-order valence-corrected chi connectivity index (χ3v) is 4.39. The maximum absolute atomic E-state index is 12.3. The van der Waals surface area contributed by atoms with Gasteiger partial charge < -0.3 is 15.0 Å². The lowest BCUT2D eigenvalue weighted by molar-refractivity contribution is -0.138. The lowest BCUT2D eigenvalue weighted by atomic mass is 10.2. The number of rotatable bonds is 5. The molecule has 1 saturated heterocycles. The van der Waals surface area contributed by atoms with E-state index in [0.29, 0.717) is 0 Å². The SMILES string of the molecule is CSc1ccc(OC(C)C(=O)N(C)C2CCNC2)cc1.Cl. The molecule has 1 aromatic carbocycles. The summed E-state index contributed by atoms with van der Waals surface area (Å²) in [5.74, 6) is 0.772. The van der Waals surface area contributed by atoms with Gasteiger partial charge in [0.05, 0.1) is 0 Å². The average molecular weight is 331 g/mol. The maximum atomic E-state index is 12.3. The molecule has 0 aliphatic carbocycles. The molecule has 1 fully saturated rings. The monoisotopic (exact) mass is 330 g/mol. The van der Waals surface area contributed by atoms with Crippen LogP contribution >= 0.6 is 24.2 Å². The van der Waals surface area contributed by atoms with Gasteiger partial charge in [-0.3, -0.25) is 4.79 Å². The number of hydrogen-bond acceptors (Lipinski definition) is 4. The lowest BCUT2D eigenvalue weighted by Gasteiger charge is -2.27. The molecule has 0 saturated carbocycles. The Bertz CT molecular complexity index is 449. The molecule has 1 aliphatic heterocycles. The van der Waals surface area contributed by atoms with Crippen LogP contribution in [-0.2, 0) is 4.79 Å². The highest BCUT2D eigenvalue weighted by Crippen LogP contribution is 2.20. The van der Waals surface area contributed by atoms with Gasteiger partial charge in [0, 0.05) is 24.5 Å². The molecule has 0 aromatic heterocycles. The first kappa shape index (κ1) is 18.1. The van der Waals surface area contributed by atoms with Crippen molar-refractivity contribution in [2.45, 2.75) is 30.4 Å². The normalized spacial score (nSPS) is 18.7. The van der Waals surface area contributed by atoms with Gasteiger partial charge in [-0.25, -0.2) is 0 Å². The quantitative estimate of drug-likeness (QED) is 0.842. The van der Waals surface area contributed by atoms with Crippen molar-refractivity contribution in [2.24, 2.45) is 0 Å². The number of halogens is 1. The molecule has 0 radical (unpaired) electrons. The van der Waals surface area contributed by atoms with Crippen molar-refractivity contribution >= 4 is 30.1 Å². The fourth-order valence-corrected chi connectivity index (χ4v) is 2.75. The summed E-state index contributed by atoms with van der Waals surface area (Å²) in [4.78, 5) is 15.3. The predicted molar refractivity (Wildman–Crippen MR) is 89.6 cm³/mol. The second-order valence-corrected chi connectivity index (χ2v) is 5.91. The number of nitrogens with one attached hydrogen (secondary N) is 1. The van der Waals surface area contributed by atoms with Crippen LogP contribution in [0.3, 0.4) is 0 Å². The van der Waals surface area contributed by atoms with Crippen LogP contribution in [0.4, 0.5) is 0 Å². The number of benzene rings is 1. The lowest BCUT2D eigenvalue weighted by Crippen LogP contribution is -2.44. The third-order valence-electron chi connectivity index (χ3n) is 3.65. The third kappa shape index (κ3) is 4.80. The van der Waals surface area contributed by atoms with Gasteiger partial charge in [0.1, 0.15) is 5.75 Å². The minimum absolute atomic E-state index is 0. The molecule has 0 spiro atoms. The van der Waals surface area contributed by atoms with E-state index in [0.717, 1.165) is 25.3 Å². The van der Waals surface area contributed by atoms with Gasteiger partial charge in [0.25, 0.3) is 5.91 Å². The van der Waals surface area contributed by atoms with Crippen LogP contribution in [0.5, 0.6) is 5.75 Å². The van der Waals surface area contributed by atoms with E-state index >= 15 is 0 Å². The summed E-state index contributed by atoms with van der Waals surface area (Å²) < 4.78 is 5.74. The zero-order valence-corrected chi connectivity index (χ0v) is 14.3. The number of ether oxygens (including phenoxy) is 1. The Labute approximate surface area is 137 Å². The first-order valence-corrected chi connectivity index (χ1v) is 8.12. The Morgan fingerprint density at radius 2 is 2.10 bits per heavy atom. The molecule has 2 unspecified atom stereocenters. The summed E-state index contributed by atoms with van der Waals surface area (Å²) in [6.45, 7) is 3.66. The van der Waals surface area contributed by atoms with Crippen molar-refractivity contribution < 1.29 is 9.53 Å². The van der Waals surface area contributed by atoms with Crippen molar-refractivity contribution in [2.75, 3.05) is 26.4 Å². The van der Waals surface area contributed by atoms with E-state index < -0.39 is 6.10 Å². The Kier molecular flexibility index (Phi) is 7.35. The largest absolute Gasteiger partial charge is 0.481 e. The number of thioether (sulfide) groups is 1. The van der Waals surface area contributed by atoms with Crippen molar-refractivity contribution in [3.05, 3.63) is 24.3 Å². The zero-order valence-electron chi connectivity index (χ0n) is 12.7. The highest BCUT2D eigenvalue weighted by atomic mass is 35.5. The Balaban J connectivity index is 0.00000220. The van der Waals surface area contributed by atoms with Gasteiger partial charge in [0.2, 0.25) is 0 Å². The number of carbonyl (C=O) groups is 1. The number of carbonyl (C=O) groups excluding carboxylic acids is 1. The van der Waals surface area contributed by atoms with E-state index in [1.165, 1.54) is 4.90 Å². The molecule has 118 valence electrons. The Hall–Kier alpha value is -0.910. The summed E-state index contributed by atoms with van der Waals surface area (Å²) in [6, 6.07) is 8.11. The van der Waals surface area contributed by atoms with Crippen LogP contribution in [0.25, 0.3) is 0 Å². The fraction of sp³-hybridized carbons (Fsp3) is 0.533. The second-order valence-electron chi connectivity index (χ2n) is 5.03. The first-order chi connectivity index (χ1) is 9.61. The van der Waals surface area contributed by atoms with Crippen molar-refractivity contribution in [3.8, 4) is 5.75 Å². The van der Waals surface area contributed by atoms with Crippen molar-refractivity contribution in [1.29, 1.82) is 0 Å². The van der Waals surface area contributed by atoms with Crippen LogP contribution in [-0.4, -0.2) is 49.3 Å². The zero-order chi connectivity index (χ0) is 14.5. The van der Waals surface area contributed by atoms with Crippen LogP contribution in [0, 0.1) is 0 Å². The summed E-state index contributed by atoms with van der Waals surface area (Å²) in [5.41, 5.74) is 0. The van der Waals surface area contributed by atoms with E-state index in [9.17, 15) is 4.79 Å². The van der Waals surface area contributed by atoms with E-state index in [4.69, 9.17) is 4.74 Å². The topological polar surface area (TPSA) is 41.6 Å². The van der Waals surface area contributed by atoms with E-state index in [1.807, 2.05) is 44.5 Å². The molecular weight excluding hydrogens is 308 g/mol. The summed E-state index contributed by atoms with van der Waals surface area (Å²) in [6.07, 6.45) is 2.59. The molecule has 2 rings (SSSR count). The van der Waals surface area contributed by atoms with Crippen LogP contribution in [0.2, 0.25) is 0 Å². The molecule has 4 nitrogen and oxygen atoms in total. The van der Waals surface area contributed by atoms with Gasteiger partial charge >= 0.3 is 0 Å².